The van der Waals surface area contributed by atoms with Gasteiger partial charge in [-0.15, -0.1) is 0 Å². The topological polar surface area (TPSA) is 58.0 Å². The zero-order chi connectivity index (χ0) is 21.0. The standard InChI is InChI=1S/C24H21FN6/c25-19-9-7-18(8-10-19)21-17-23(29-24(28-21)20-5-1-3-11-26-20)31-15-13-30(14-16-31)22-6-2-4-12-27-22/h1-12,17H,13-16H2. The quantitative estimate of drug-likeness (QED) is 0.504. The Morgan fingerprint density at radius 2 is 1.32 bits per heavy atom. The van der Waals surface area contributed by atoms with E-state index in [1.165, 1.54) is 12.1 Å². The van der Waals surface area contributed by atoms with Crippen molar-refractivity contribution in [1.29, 1.82) is 0 Å². The van der Waals surface area contributed by atoms with Gasteiger partial charge in [0.05, 0.1) is 5.69 Å². The van der Waals surface area contributed by atoms with Crippen molar-refractivity contribution in [2.75, 3.05) is 36.0 Å². The lowest BCUT2D eigenvalue weighted by Gasteiger charge is -2.36. The summed E-state index contributed by atoms with van der Waals surface area (Å²) >= 11 is 0. The van der Waals surface area contributed by atoms with Crippen molar-refractivity contribution >= 4 is 11.6 Å². The maximum atomic E-state index is 13.4. The van der Waals surface area contributed by atoms with E-state index >= 15 is 0 Å². The van der Waals surface area contributed by atoms with Gasteiger partial charge >= 0.3 is 0 Å². The van der Waals surface area contributed by atoms with Crippen molar-refractivity contribution in [2.45, 2.75) is 0 Å². The van der Waals surface area contributed by atoms with E-state index in [0.29, 0.717) is 11.5 Å². The summed E-state index contributed by atoms with van der Waals surface area (Å²) in [5, 5.41) is 0. The molecule has 6 nitrogen and oxygen atoms in total. The number of halogens is 1. The second-order valence-electron chi connectivity index (χ2n) is 7.32. The summed E-state index contributed by atoms with van der Waals surface area (Å²) in [7, 11) is 0. The van der Waals surface area contributed by atoms with Crippen LogP contribution < -0.4 is 9.80 Å². The van der Waals surface area contributed by atoms with Crippen LogP contribution in [-0.4, -0.2) is 46.1 Å². The van der Waals surface area contributed by atoms with Crippen LogP contribution in [0.2, 0.25) is 0 Å². The van der Waals surface area contributed by atoms with E-state index < -0.39 is 0 Å². The smallest absolute Gasteiger partial charge is 0.180 e. The third-order valence-corrected chi connectivity index (χ3v) is 5.32. The van der Waals surface area contributed by atoms with Crippen molar-refractivity contribution in [3.05, 3.63) is 84.9 Å². The first-order valence-corrected chi connectivity index (χ1v) is 10.2. The van der Waals surface area contributed by atoms with E-state index in [-0.39, 0.29) is 5.82 Å². The van der Waals surface area contributed by atoms with Gasteiger partial charge in [-0.05, 0) is 48.5 Å². The molecule has 5 rings (SSSR count). The van der Waals surface area contributed by atoms with Crippen LogP contribution >= 0.6 is 0 Å². The molecule has 0 bridgehead atoms. The van der Waals surface area contributed by atoms with Crippen molar-refractivity contribution in [3.8, 4) is 22.8 Å². The molecule has 0 unspecified atom stereocenters. The molecule has 4 heterocycles. The van der Waals surface area contributed by atoms with E-state index in [2.05, 4.69) is 19.8 Å². The first-order chi connectivity index (χ1) is 15.3. The molecule has 1 aliphatic heterocycles. The Labute approximate surface area is 180 Å². The minimum absolute atomic E-state index is 0.270. The minimum atomic E-state index is -0.270. The number of aromatic nitrogens is 4. The Balaban J connectivity index is 1.46. The maximum Gasteiger partial charge on any atom is 0.180 e. The fourth-order valence-corrected chi connectivity index (χ4v) is 3.68. The number of benzene rings is 1. The molecule has 7 heteroatoms. The second kappa shape index (κ2) is 8.47. The van der Waals surface area contributed by atoms with Gasteiger partial charge in [0.2, 0.25) is 0 Å². The number of hydrogen-bond donors (Lipinski definition) is 0. The summed E-state index contributed by atoms with van der Waals surface area (Å²) in [4.78, 5) is 22.9. The lowest BCUT2D eigenvalue weighted by molar-refractivity contribution is 0.628. The van der Waals surface area contributed by atoms with Gasteiger partial charge in [-0.3, -0.25) is 4.98 Å². The van der Waals surface area contributed by atoms with E-state index in [9.17, 15) is 4.39 Å². The van der Waals surface area contributed by atoms with Crippen LogP contribution in [0, 0.1) is 5.82 Å². The van der Waals surface area contributed by atoms with Gasteiger partial charge in [-0.1, -0.05) is 12.1 Å². The molecule has 0 atom stereocenters. The molecule has 154 valence electrons. The van der Waals surface area contributed by atoms with Crippen LogP contribution in [0.3, 0.4) is 0 Å². The number of nitrogens with zero attached hydrogens (tertiary/aromatic N) is 6. The average Bonchev–Trinajstić information content (AvgIpc) is 2.85. The van der Waals surface area contributed by atoms with Crippen molar-refractivity contribution < 1.29 is 4.39 Å². The number of piperazine rings is 1. The van der Waals surface area contributed by atoms with Gasteiger partial charge in [-0.25, -0.2) is 19.3 Å². The highest BCUT2D eigenvalue weighted by atomic mass is 19.1. The highest BCUT2D eigenvalue weighted by Gasteiger charge is 2.21. The molecule has 31 heavy (non-hydrogen) atoms. The molecule has 0 N–H and O–H groups in total. The molecule has 1 aliphatic rings. The van der Waals surface area contributed by atoms with E-state index in [0.717, 1.165) is 49.1 Å². The highest BCUT2D eigenvalue weighted by molar-refractivity contribution is 5.67. The van der Waals surface area contributed by atoms with Crippen molar-refractivity contribution in [3.63, 3.8) is 0 Å². The molecule has 0 radical (unpaired) electrons. The number of hydrogen-bond acceptors (Lipinski definition) is 6. The van der Waals surface area contributed by atoms with Gasteiger partial charge in [0, 0.05) is 50.2 Å². The minimum Gasteiger partial charge on any atom is -0.353 e. The Morgan fingerprint density at radius 1 is 0.645 bits per heavy atom. The third-order valence-electron chi connectivity index (χ3n) is 5.32. The van der Waals surface area contributed by atoms with Crippen LogP contribution in [0.1, 0.15) is 0 Å². The fraction of sp³-hybridized carbons (Fsp3) is 0.167. The summed E-state index contributed by atoms with van der Waals surface area (Å²) in [5.74, 6) is 2.12. The maximum absolute atomic E-state index is 13.4. The van der Waals surface area contributed by atoms with E-state index in [1.807, 2.05) is 48.7 Å². The van der Waals surface area contributed by atoms with Crippen LogP contribution in [-0.2, 0) is 0 Å². The van der Waals surface area contributed by atoms with Gasteiger partial charge in [0.15, 0.2) is 5.82 Å². The molecule has 0 amide bonds. The summed E-state index contributed by atoms with van der Waals surface area (Å²) in [6.07, 6.45) is 3.55. The zero-order valence-electron chi connectivity index (χ0n) is 16.9. The largest absolute Gasteiger partial charge is 0.353 e. The molecule has 0 saturated carbocycles. The number of pyridine rings is 2. The molecular formula is C24H21FN6. The number of anilines is 2. The Hall–Kier alpha value is -3.87. The number of rotatable bonds is 4. The van der Waals surface area contributed by atoms with Crippen LogP contribution in [0.4, 0.5) is 16.0 Å². The van der Waals surface area contributed by atoms with Crippen LogP contribution in [0.15, 0.2) is 79.1 Å². The monoisotopic (exact) mass is 412 g/mol. The van der Waals surface area contributed by atoms with Gasteiger partial charge in [-0.2, -0.15) is 0 Å². The first-order valence-electron chi connectivity index (χ1n) is 10.2. The molecule has 0 aliphatic carbocycles. The SMILES string of the molecule is Fc1ccc(-c2cc(N3CCN(c4ccccn4)CC3)nc(-c3ccccn3)n2)cc1. The lowest BCUT2D eigenvalue weighted by atomic mass is 10.1. The molecule has 1 saturated heterocycles. The zero-order valence-corrected chi connectivity index (χ0v) is 16.9. The van der Waals surface area contributed by atoms with Gasteiger partial charge in [0.25, 0.3) is 0 Å². The molecule has 1 fully saturated rings. The normalized spacial score (nSPS) is 14.0. The third kappa shape index (κ3) is 4.21. The summed E-state index contributed by atoms with van der Waals surface area (Å²) in [5.41, 5.74) is 2.30. The Kier molecular flexibility index (Phi) is 5.22. The Bertz CT molecular complexity index is 1140. The predicted octanol–water partition coefficient (Wildman–Crippen LogP) is 4.07. The Morgan fingerprint density at radius 3 is 1.97 bits per heavy atom. The predicted molar refractivity (Wildman–Crippen MR) is 119 cm³/mol. The van der Waals surface area contributed by atoms with Crippen LogP contribution in [0.25, 0.3) is 22.8 Å². The van der Waals surface area contributed by atoms with E-state index in [1.54, 1.807) is 18.3 Å². The second-order valence-corrected chi connectivity index (χ2v) is 7.32. The average molecular weight is 412 g/mol. The molecule has 1 aromatic carbocycles. The molecule has 0 spiro atoms. The van der Waals surface area contributed by atoms with Crippen molar-refractivity contribution in [1.82, 2.24) is 19.9 Å². The van der Waals surface area contributed by atoms with Crippen molar-refractivity contribution in [2.24, 2.45) is 0 Å². The van der Waals surface area contributed by atoms with Crippen LogP contribution in [0.5, 0.6) is 0 Å². The molecular weight excluding hydrogens is 391 g/mol. The first kappa shape index (κ1) is 19.1. The summed E-state index contributed by atoms with van der Waals surface area (Å²) in [6.45, 7) is 3.34. The highest BCUT2D eigenvalue weighted by Crippen LogP contribution is 2.26. The lowest BCUT2D eigenvalue weighted by Crippen LogP contribution is -2.47. The molecule has 3 aromatic heterocycles. The summed E-state index contributed by atoms with van der Waals surface area (Å²) in [6, 6.07) is 20.0. The molecule has 4 aromatic rings. The van der Waals surface area contributed by atoms with E-state index in [4.69, 9.17) is 9.97 Å². The summed E-state index contributed by atoms with van der Waals surface area (Å²) < 4.78 is 13.4. The van der Waals surface area contributed by atoms with Gasteiger partial charge < -0.3 is 9.80 Å². The fourth-order valence-electron chi connectivity index (χ4n) is 3.68. The van der Waals surface area contributed by atoms with Gasteiger partial charge in [0.1, 0.15) is 23.1 Å².